The molecule has 56 valence electrons. The molecule has 1 heterocycles. The molecule has 2 N–H and O–H groups in total. The molecule has 0 saturated heterocycles. The van der Waals surface area contributed by atoms with Crippen LogP contribution in [0, 0.1) is 11.3 Å². The lowest BCUT2D eigenvalue weighted by Gasteiger charge is -1.95. The maximum Gasteiger partial charge on any atom is 0.101 e. The van der Waals surface area contributed by atoms with E-state index in [9.17, 15) is 0 Å². The van der Waals surface area contributed by atoms with Crippen LogP contribution in [-0.2, 0) is 6.42 Å². The third kappa shape index (κ3) is 2.03. The standard InChI is InChI=1S/C8H9N3/c9-2-1-7-3-8(4-10)6-11-5-7/h3,5-6H,1-2,9H2. The highest BCUT2D eigenvalue weighted by molar-refractivity contribution is 5.28. The average molecular weight is 147 g/mol. The van der Waals surface area contributed by atoms with Gasteiger partial charge in [0, 0.05) is 12.4 Å². The van der Waals surface area contributed by atoms with Crippen LogP contribution in [0.2, 0.25) is 0 Å². The zero-order valence-electron chi connectivity index (χ0n) is 6.12. The van der Waals surface area contributed by atoms with Crippen LogP contribution in [0.25, 0.3) is 0 Å². The van der Waals surface area contributed by atoms with Crippen LogP contribution in [-0.4, -0.2) is 11.5 Å². The molecule has 0 radical (unpaired) electrons. The van der Waals surface area contributed by atoms with Crippen molar-refractivity contribution < 1.29 is 0 Å². The van der Waals surface area contributed by atoms with Gasteiger partial charge >= 0.3 is 0 Å². The maximum absolute atomic E-state index is 8.51. The van der Waals surface area contributed by atoms with E-state index in [-0.39, 0.29) is 0 Å². The number of pyridine rings is 1. The van der Waals surface area contributed by atoms with Gasteiger partial charge in [-0.2, -0.15) is 5.26 Å². The van der Waals surface area contributed by atoms with Crippen molar-refractivity contribution in [3.63, 3.8) is 0 Å². The summed E-state index contributed by atoms with van der Waals surface area (Å²) in [7, 11) is 0. The van der Waals surface area contributed by atoms with Gasteiger partial charge in [-0.1, -0.05) is 0 Å². The van der Waals surface area contributed by atoms with E-state index in [1.807, 2.05) is 6.07 Å². The van der Waals surface area contributed by atoms with E-state index < -0.39 is 0 Å². The zero-order valence-corrected chi connectivity index (χ0v) is 6.12. The van der Waals surface area contributed by atoms with E-state index in [2.05, 4.69) is 4.98 Å². The van der Waals surface area contributed by atoms with Gasteiger partial charge in [-0.15, -0.1) is 0 Å². The quantitative estimate of drug-likeness (QED) is 0.660. The van der Waals surface area contributed by atoms with Gasteiger partial charge in [0.25, 0.3) is 0 Å². The fourth-order valence-corrected chi connectivity index (χ4v) is 0.852. The Balaban J connectivity index is 2.85. The van der Waals surface area contributed by atoms with Gasteiger partial charge in [0.05, 0.1) is 5.56 Å². The monoisotopic (exact) mass is 147 g/mol. The van der Waals surface area contributed by atoms with Crippen LogP contribution in [0.1, 0.15) is 11.1 Å². The molecule has 0 aromatic carbocycles. The number of nitriles is 1. The predicted octanol–water partition coefficient (Wildman–Crippen LogP) is 0.454. The van der Waals surface area contributed by atoms with E-state index in [0.29, 0.717) is 12.1 Å². The Bertz CT molecular complexity index is 275. The largest absolute Gasteiger partial charge is 0.330 e. The number of nitrogens with two attached hydrogens (primary N) is 1. The van der Waals surface area contributed by atoms with E-state index in [4.69, 9.17) is 11.0 Å². The molecule has 0 saturated carbocycles. The number of hydrogen-bond donors (Lipinski definition) is 1. The van der Waals surface area contributed by atoms with Crippen LogP contribution in [0.15, 0.2) is 18.5 Å². The average Bonchev–Trinajstić information content (AvgIpc) is 2.06. The molecule has 11 heavy (non-hydrogen) atoms. The first-order valence-corrected chi connectivity index (χ1v) is 3.41. The highest BCUT2D eigenvalue weighted by atomic mass is 14.6. The SMILES string of the molecule is N#Cc1cncc(CCN)c1. The third-order valence-electron chi connectivity index (χ3n) is 1.36. The van der Waals surface area contributed by atoms with E-state index >= 15 is 0 Å². The van der Waals surface area contributed by atoms with Gasteiger partial charge in [0.15, 0.2) is 0 Å². The summed E-state index contributed by atoms with van der Waals surface area (Å²) in [5.74, 6) is 0. The number of hydrogen-bond acceptors (Lipinski definition) is 3. The normalized spacial score (nSPS) is 9.09. The first-order valence-electron chi connectivity index (χ1n) is 3.41. The lowest BCUT2D eigenvalue weighted by Crippen LogP contribution is -2.02. The Morgan fingerprint density at radius 1 is 1.55 bits per heavy atom. The molecule has 0 unspecified atom stereocenters. The van der Waals surface area contributed by atoms with E-state index in [0.717, 1.165) is 12.0 Å². The van der Waals surface area contributed by atoms with Crippen molar-refractivity contribution in [2.45, 2.75) is 6.42 Å². The molecule has 3 nitrogen and oxygen atoms in total. The van der Waals surface area contributed by atoms with Crippen molar-refractivity contribution in [2.24, 2.45) is 5.73 Å². The van der Waals surface area contributed by atoms with Crippen molar-refractivity contribution in [1.82, 2.24) is 4.98 Å². The van der Waals surface area contributed by atoms with Gasteiger partial charge in [0.2, 0.25) is 0 Å². The van der Waals surface area contributed by atoms with Crippen molar-refractivity contribution in [2.75, 3.05) is 6.54 Å². The number of aromatic nitrogens is 1. The molecule has 1 aromatic heterocycles. The Labute approximate surface area is 65.5 Å². The Kier molecular flexibility index (Phi) is 2.59. The summed E-state index contributed by atoms with van der Waals surface area (Å²) in [5.41, 5.74) is 6.95. The summed E-state index contributed by atoms with van der Waals surface area (Å²) in [6, 6.07) is 3.83. The lowest BCUT2D eigenvalue weighted by molar-refractivity contribution is 0.957. The zero-order chi connectivity index (χ0) is 8.10. The van der Waals surface area contributed by atoms with E-state index in [1.54, 1.807) is 18.5 Å². The van der Waals surface area contributed by atoms with Crippen molar-refractivity contribution in [1.29, 1.82) is 5.26 Å². The Morgan fingerprint density at radius 3 is 3.00 bits per heavy atom. The molecule has 0 spiro atoms. The minimum atomic E-state index is 0.593. The summed E-state index contributed by atoms with van der Waals surface area (Å²) in [6.45, 7) is 0.594. The second-order valence-electron chi connectivity index (χ2n) is 2.23. The summed E-state index contributed by atoms with van der Waals surface area (Å²) < 4.78 is 0. The maximum atomic E-state index is 8.51. The molecule has 0 atom stereocenters. The minimum Gasteiger partial charge on any atom is -0.330 e. The van der Waals surface area contributed by atoms with Crippen LogP contribution < -0.4 is 5.73 Å². The first kappa shape index (κ1) is 7.70. The Hall–Kier alpha value is -1.40. The Morgan fingerprint density at radius 2 is 2.36 bits per heavy atom. The van der Waals surface area contributed by atoms with Gasteiger partial charge < -0.3 is 5.73 Å². The predicted molar refractivity (Wildman–Crippen MR) is 41.7 cm³/mol. The van der Waals surface area contributed by atoms with Crippen LogP contribution in [0.5, 0.6) is 0 Å². The van der Waals surface area contributed by atoms with Crippen LogP contribution in [0.3, 0.4) is 0 Å². The van der Waals surface area contributed by atoms with Gasteiger partial charge in [0.1, 0.15) is 6.07 Å². The summed E-state index contributed by atoms with van der Waals surface area (Å²) >= 11 is 0. The molecule has 1 rings (SSSR count). The fraction of sp³-hybridized carbons (Fsp3) is 0.250. The highest BCUT2D eigenvalue weighted by Gasteiger charge is 1.93. The van der Waals surface area contributed by atoms with Crippen molar-refractivity contribution in [3.05, 3.63) is 29.6 Å². The van der Waals surface area contributed by atoms with Gasteiger partial charge in [-0.25, -0.2) is 0 Å². The summed E-state index contributed by atoms with van der Waals surface area (Å²) in [5, 5.41) is 8.51. The fourth-order valence-electron chi connectivity index (χ4n) is 0.852. The molecule has 0 fully saturated rings. The molecule has 0 amide bonds. The minimum absolute atomic E-state index is 0.593. The summed E-state index contributed by atoms with van der Waals surface area (Å²) in [4.78, 5) is 3.90. The first-order chi connectivity index (χ1) is 5.36. The number of nitrogens with zero attached hydrogens (tertiary/aromatic N) is 2. The molecule has 0 aliphatic heterocycles. The van der Waals surface area contributed by atoms with Crippen molar-refractivity contribution in [3.8, 4) is 6.07 Å². The van der Waals surface area contributed by atoms with Gasteiger partial charge in [-0.3, -0.25) is 4.98 Å². The third-order valence-corrected chi connectivity index (χ3v) is 1.36. The molecular formula is C8H9N3. The second kappa shape index (κ2) is 3.69. The molecular weight excluding hydrogens is 138 g/mol. The lowest BCUT2D eigenvalue weighted by atomic mass is 10.2. The van der Waals surface area contributed by atoms with E-state index in [1.165, 1.54) is 0 Å². The molecule has 3 heteroatoms. The summed E-state index contributed by atoms with van der Waals surface area (Å²) in [6.07, 6.45) is 4.05. The van der Waals surface area contributed by atoms with Crippen LogP contribution in [0.4, 0.5) is 0 Å². The van der Waals surface area contributed by atoms with Crippen molar-refractivity contribution >= 4 is 0 Å². The smallest absolute Gasteiger partial charge is 0.101 e. The topological polar surface area (TPSA) is 62.7 Å². The molecule has 0 bridgehead atoms. The highest BCUT2D eigenvalue weighted by Crippen LogP contribution is 2.00. The second-order valence-corrected chi connectivity index (χ2v) is 2.23. The number of rotatable bonds is 2. The molecule has 0 aliphatic carbocycles. The van der Waals surface area contributed by atoms with Crippen LogP contribution >= 0.6 is 0 Å². The molecule has 0 aliphatic rings. The molecule has 1 aromatic rings. The van der Waals surface area contributed by atoms with Gasteiger partial charge in [-0.05, 0) is 24.6 Å².